The van der Waals surface area contributed by atoms with Crippen LogP contribution in [0.25, 0.3) is 0 Å². The van der Waals surface area contributed by atoms with Gasteiger partial charge in [-0.3, -0.25) is 9.89 Å². The molecule has 1 aliphatic heterocycles. The van der Waals surface area contributed by atoms with Gasteiger partial charge in [0.25, 0.3) is 0 Å². The van der Waals surface area contributed by atoms with E-state index in [1.165, 1.54) is 12.1 Å². The van der Waals surface area contributed by atoms with Crippen LogP contribution < -0.4 is 10.6 Å². The Morgan fingerprint density at radius 2 is 1.96 bits per heavy atom. The topological polar surface area (TPSA) is 69.1 Å². The summed E-state index contributed by atoms with van der Waals surface area (Å²) in [6.45, 7) is 7.45. The Morgan fingerprint density at radius 1 is 1.26 bits per heavy atom. The van der Waals surface area contributed by atoms with E-state index in [-0.39, 0.29) is 23.9 Å². The van der Waals surface area contributed by atoms with Gasteiger partial charge in [0.1, 0.15) is 5.82 Å². The van der Waals surface area contributed by atoms with Gasteiger partial charge in [0.15, 0.2) is 5.96 Å². The number of hydrogen-bond donors (Lipinski definition) is 3. The fourth-order valence-electron chi connectivity index (χ4n) is 3.36. The zero-order chi connectivity index (χ0) is 19.1. The molecule has 3 N–H and O–H groups in total. The first kappa shape index (κ1) is 20.0. The summed E-state index contributed by atoms with van der Waals surface area (Å²) in [5.74, 6) is 0.540. The average Bonchev–Trinajstić information content (AvgIpc) is 3.49. The van der Waals surface area contributed by atoms with Gasteiger partial charge in [0.2, 0.25) is 0 Å². The molecule has 2 aliphatic rings. The summed E-state index contributed by atoms with van der Waals surface area (Å²) in [7, 11) is 0. The van der Waals surface area contributed by atoms with E-state index in [9.17, 15) is 9.50 Å². The third-order valence-corrected chi connectivity index (χ3v) is 5.41. The lowest BCUT2D eigenvalue weighted by Gasteiger charge is -2.35. The Bertz CT molecular complexity index is 613. The molecular formula is C20H31FN4O2. The molecule has 6 nitrogen and oxygen atoms in total. The van der Waals surface area contributed by atoms with Crippen LogP contribution in [0.1, 0.15) is 31.4 Å². The van der Waals surface area contributed by atoms with E-state index in [2.05, 4.69) is 20.5 Å². The third kappa shape index (κ3) is 5.64. The van der Waals surface area contributed by atoms with Gasteiger partial charge >= 0.3 is 0 Å². The van der Waals surface area contributed by atoms with Crippen molar-refractivity contribution in [2.75, 3.05) is 52.5 Å². The van der Waals surface area contributed by atoms with E-state index in [0.717, 1.165) is 44.0 Å². The lowest BCUT2D eigenvalue weighted by Crippen LogP contribution is -2.46. The summed E-state index contributed by atoms with van der Waals surface area (Å²) < 4.78 is 18.8. The van der Waals surface area contributed by atoms with Gasteiger partial charge in [0.05, 0.1) is 32.4 Å². The molecule has 27 heavy (non-hydrogen) atoms. The summed E-state index contributed by atoms with van der Waals surface area (Å²) in [6.07, 6.45) is 2.08. The molecule has 1 heterocycles. The maximum Gasteiger partial charge on any atom is 0.191 e. The Balaban J connectivity index is 1.67. The van der Waals surface area contributed by atoms with Gasteiger partial charge in [-0.2, -0.15) is 0 Å². The molecule has 150 valence electrons. The standard InChI is InChI=1S/C20H31FN4O2/c1-2-22-19(24-14-20(15-26)7-8-20)23-13-18(25-9-11-27-12-10-25)16-3-5-17(21)6-4-16/h3-6,18,26H,2,7-15H2,1H3,(H2,22,23,24). The van der Waals surface area contributed by atoms with E-state index < -0.39 is 0 Å². The number of benzene rings is 1. The monoisotopic (exact) mass is 378 g/mol. The normalized spacial score (nSPS) is 20.9. The lowest BCUT2D eigenvalue weighted by molar-refractivity contribution is 0.0170. The number of nitrogens with one attached hydrogen (secondary N) is 2. The fraction of sp³-hybridized carbons (Fsp3) is 0.650. The second-order valence-corrected chi connectivity index (χ2v) is 7.45. The largest absolute Gasteiger partial charge is 0.396 e. The molecule has 1 aromatic rings. The SMILES string of the molecule is CCNC(=NCC1(CO)CC1)NCC(c1ccc(F)cc1)N1CCOCC1. The van der Waals surface area contributed by atoms with Crippen molar-refractivity contribution < 1.29 is 14.2 Å². The summed E-state index contributed by atoms with van der Waals surface area (Å²) in [6, 6.07) is 6.85. The number of morpholine rings is 1. The number of hydrogen-bond acceptors (Lipinski definition) is 4. The average molecular weight is 378 g/mol. The molecule has 0 radical (unpaired) electrons. The Hall–Kier alpha value is -1.70. The lowest BCUT2D eigenvalue weighted by atomic mass is 10.0. The summed E-state index contributed by atoms with van der Waals surface area (Å²) in [5.41, 5.74) is 1.07. The van der Waals surface area contributed by atoms with Gasteiger partial charge < -0.3 is 20.5 Å². The van der Waals surface area contributed by atoms with Crippen molar-refractivity contribution in [3.63, 3.8) is 0 Å². The highest BCUT2D eigenvalue weighted by atomic mass is 19.1. The molecule has 0 bridgehead atoms. The molecule has 1 atom stereocenters. The van der Waals surface area contributed by atoms with Crippen LogP contribution in [0.15, 0.2) is 29.3 Å². The van der Waals surface area contributed by atoms with E-state index in [1.807, 2.05) is 19.1 Å². The Morgan fingerprint density at radius 3 is 2.56 bits per heavy atom. The quantitative estimate of drug-likeness (QED) is 0.473. The van der Waals surface area contributed by atoms with Crippen molar-refractivity contribution in [2.45, 2.75) is 25.8 Å². The number of halogens is 1. The number of rotatable bonds is 8. The zero-order valence-electron chi connectivity index (χ0n) is 16.1. The number of guanidine groups is 1. The molecule has 1 aromatic carbocycles. The predicted octanol–water partition coefficient (Wildman–Crippen LogP) is 1.53. The summed E-state index contributed by atoms with van der Waals surface area (Å²) >= 11 is 0. The van der Waals surface area contributed by atoms with Gasteiger partial charge in [-0.05, 0) is 37.5 Å². The van der Waals surface area contributed by atoms with E-state index >= 15 is 0 Å². The Kier molecular flexibility index (Phi) is 7.04. The molecule has 7 heteroatoms. The minimum absolute atomic E-state index is 0.0110. The van der Waals surface area contributed by atoms with Crippen LogP contribution in [0.3, 0.4) is 0 Å². The van der Waals surface area contributed by atoms with Crippen molar-refractivity contribution in [1.29, 1.82) is 0 Å². The maximum atomic E-state index is 13.4. The van der Waals surface area contributed by atoms with Crippen molar-refractivity contribution in [3.05, 3.63) is 35.6 Å². The van der Waals surface area contributed by atoms with Crippen molar-refractivity contribution in [3.8, 4) is 0 Å². The molecule has 0 spiro atoms. The summed E-state index contributed by atoms with van der Waals surface area (Å²) in [5, 5.41) is 16.2. The highest BCUT2D eigenvalue weighted by Gasteiger charge is 2.41. The fourth-order valence-corrected chi connectivity index (χ4v) is 3.36. The molecule has 1 saturated heterocycles. The van der Waals surface area contributed by atoms with Gasteiger partial charge in [-0.15, -0.1) is 0 Å². The first-order chi connectivity index (χ1) is 13.2. The van der Waals surface area contributed by atoms with Crippen LogP contribution in [0, 0.1) is 11.2 Å². The number of aliphatic hydroxyl groups is 1. The van der Waals surface area contributed by atoms with Crippen LogP contribution in [-0.4, -0.2) is 68.5 Å². The van der Waals surface area contributed by atoms with Gasteiger partial charge in [0, 0.05) is 31.6 Å². The maximum absolute atomic E-state index is 13.4. The molecule has 1 saturated carbocycles. The number of ether oxygens (including phenoxy) is 1. The van der Waals surface area contributed by atoms with Crippen LogP contribution >= 0.6 is 0 Å². The smallest absolute Gasteiger partial charge is 0.191 e. The van der Waals surface area contributed by atoms with E-state index in [1.54, 1.807) is 0 Å². The first-order valence-corrected chi connectivity index (χ1v) is 9.86. The molecule has 0 aromatic heterocycles. The Labute approximate surface area is 160 Å². The third-order valence-electron chi connectivity index (χ3n) is 5.41. The van der Waals surface area contributed by atoms with Crippen LogP contribution in [-0.2, 0) is 4.74 Å². The number of nitrogens with zero attached hydrogens (tertiary/aromatic N) is 2. The highest BCUT2D eigenvalue weighted by molar-refractivity contribution is 5.79. The predicted molar refractivity (Wildman–Crippen MR) is 104 cm³/mol. The molecule has 0 amide bonds. The van der Waals surface area contributed by atoms with Crippen LogP contribution in [0.2, 0.25) is 0 Å². The van der Waals surface area contributed by atoms with Crippen molar-refractivity contribution in [2.24, 2.45) is 10.4 Å². The minimum atomic E-state index is -0.221. The molecule has 2 fully saturated rings. The minimum Gasteiger partial charge on any atom is -0.396 e. The number of aliphatic hydroxyl groups excluding tert-OH is 1. The molecule has 3 rings (SSSR count). The second-order valence-electron chi connectivity index (χ2n) is 7.45. The van der Waals surface area contributed by atoms with E-state index in [0.29, 0.717) is 26.3 Å². The van der Waals surface area contributed by atoms with E-state index in [4.69, 9.17) is 4.74 Å². The zero-order valence-corrected chi connectivity index (χ0v) is 16.1. The first-order valence-electron chi connectivity index (χ1n) is 9.86. The number of aliphatic imine (C=N–C) groups is 1. The molecule has 1 unspecified atom stereocenters. The molecular weight excluding hydrogens is 347 g/mol. The summed E-state index contributed by atoms with van der Waals surface area (Å²) in [4.78, 5) is 7.04. The highest BCUT2D eigenvalue weighted by Crippen LogP contribution is 2.45. The van der Waals surface area contributed by atoms with Gasteiger partial charge in [-0.25, -0.2) is 4.39 Å². The van der Waals surface area contributed by atoms with Crippen molar-refractivity contribution >= 4 is 5.96 Å². The van der Waals surface area contributed by atoms with Crippen LogP contribution in [0.5, 0.6) is 0 Å². The second kappa shape index (κ2) is 9.48. The molecule has 1 aliphatic carbocycles. The van der Waals surface area contributed by atoms with Crippen LogP contribution in [0.4, 0.5) is 4.39 Å². The van der Waals surface area contributed by atoms with Gasteiger partial charge in [-0.1, -0.05) is 12.1 Å². The van der Waals surface area contributed by atoms with Crippen molar-refractivity contribution in [1.82, 2.24) is 15.5 Å².